The zero-order valence-corrected chi connectivity index (χ0v) is 12.5. The van der Waals surface area contributed by atoms with Crippen LogP contribution in [0, 0.1) is 5.92 Å². The Hall–Kier alpha value is -1.02. The van der Waals surface area contributed by atoms with Crippen LogP contribution in [0.15, 0.2) is 35.1 Å². The second-order valence-electron chi connectivity index (χ2n) is 5.21. The summed E-state index contributed by atoms with van der Waals surface area (Å²) in [6.45, 7) is 8.78. The smallest absolute Gasteiger partial charge is 0.103 e. The molecule has 18 heavy (non-hydrogen) atoms. The van der Waals surface area contributed by atoms with Crippen LogP contribution in [0.2, 0.25) is 0 Å². The van der Waals surface area contributed by atoms with Crippen LogP contribution in [0.4, 0.5) is 0 Å². The average Bonchev–Trinajstić information content (AvgIpc) is 2.34. The number of allylic oxidation sites excluding steroid dienone is 4. The minimum absolute atomic E-state index is 0.516. The predicted molar refractivity (Wildman–Crippen MR) is 78.5 cm³/mol. The highest BCUT2D eigenvalue weighted by Gasteiger charge is 2.10. The molecule has 0 aromatic heterocycles. The van der Waals surface area contributed by atoms with Crippen LogP contribution in [0.5, 0.6) is 0 Å². The van der Waals surface area contributed by atoms with Crippen molar-refractivity contribution >= 4 is 0 Å². The van der Waals surface area contributed by atoms with Gasteiger partial charge in [0.05, 0.1) is 7.11 Å². The molecule has 0 heterocycles. The summed E-state index contributed by atoms with van der Waals surface area (Å²) in [5.41, 5.74) is 2.74. The molecule has 1 aliphatic carbocycles. The lowest BCUT2D eigenvalue weighted by Crippen LogP contribution is -2.19. The number of hydrogen-bond acceptors (Lipinski definition) is 2. The topological polar surface area (TPSA) is 12.5 Å². The molecule has 0 fully saturated rings. The van der Waals surface area contributed by atoms with Crippen LogP contribution in [0.25, 0.3) is 0 Å². The molecule has 1 atom stereocenters. The lowest BCUT2D eigenvalue weighted by molar-refractivity contribution is 0.275. The zero-order chi connectivity index (χ0) is 13.5. The van der Waals surface area contributed by atoms with Gasteiger partial charge in [0.25, 0.3) is 0 Å². The summed E-state index contributed by atoms with van der Waals surface area (Å²) in [6.07, 6.45) is 8.82. The summed E-state index contributed by atoms with van der Waals surface area (Å²) in [4.78, 5) is 2.33. The summed E-state index contributed by atoms with van der Waals surface area (Å²) in [5, 5.41) is 0. The van der Waals surface area contributed by atoms with Crippen LogP contribution >= 0.6 is 0 Å². The maximum Gasteiger partial charge on any atom is 0.103 e. The molecule has 2 heteroatoms. The monoisotopic (exact) mass is 249 g/mol. The number of methoxy groups -OCH3 is 1. The van der Waals surface area contributed by atoms with Crippen molar-refractivity contribution in [2.75, 3.05) is 27.2 Å². The Morgan fingerprint density at radius 3 is 2.78 bits per heavy atom. The number of hydrogen-bond donors (Lipinski definition) is 0. The van der Waals surface area contributed by atoms with E-state index in [2.05, 4.69) is 50.9 Å². The van der Waals surface area contributed by atoms with E-state index < -0.39 is 0 Å². The van der Waals surface area contributed by atoms with E-state index in [-0.39, 0.29) is 0 Å². The summed E-state index contributed by atoms with van der Waals surface area (Å²) < 4.78 is 5.58. The van der Waals surface area contributed by atoms with E-state index >= 15 is 0 Å². The lowest BCUT2D eigenvalue weighted by Gasteiger charge is -2.18. The first-order valence-electron chi connectivity index (χ1n) is 6.86. The summed E-state index contributed by atoms with van der Waals surface area (Å²) in [6, 6.07) is 0. The number of rotatable bonds is 5. The fourth-order valence-electron chi connectivity index (χ4n) is 2.19. The van der Waals surface area contributed by atoms with E-state index in [0.29, 0.717) is 5.92 Å². The number of ether oxygens (including phenoxy) is 1. The van der Waals surface area contributed by atoms with Crippen LogP contribution in [0.1, 0.15) is 33.6 Å². The highest BCUT2D eigenvalue weighted by atomic mass is 16.5. The van der Waals surface area contributed by atoms with Gasteiger partial charge in [0.2, 0.25) is 0 Å². The standard InChI is InChI=1S/C16H27NO/c1-6-17(4)10-9-15-8-7-13(2)11-14(3)12-16(15)18-5/h7-8,11,13H,6,9-10,12H2,1-5H3/b8-7-,14-11+,16-15-. The van der Waals surface area contributed by atoms with Crippen molar-refractivity contribution in [1.82, 2.24) is 4.90 Å². The summed E-state index contributed by atoms with van der Waals surface area (Å²) >= 11 is 0. The molecule has 0 aromatic rings. The van der Waals surface area contributed by atoms with Gasteiger partial charge in [0, 0.05) is 13.0 Å². The second kappa shape index (κ2) is 7.42. The molecule has 1 aliphatic rings. The van der Waals surface area contributed by atoms with Crippen molar-refractivity contribution in [1.29, 1.82) is 0 Å². The van der Waals surface area contributed by atoms with E-state index in [1.54, 1.807) is 7.11 Å². The van der Waals surface area contributed by atoms with Crippen LogP contribution in [-0.2, 0) is 4.74 Å². The minimum atomic E-state index is 0.516. The van der Waals surface area contributed by atoms with Crippen molar-refractivity contribution in [3.05, 3.63) is 35.1 Å². The van der Waals surface area contributed by atoms with Gasteiger partial charge < -0.3 is 9.64 Å². The first kappa shape index (κ1) is 15.0. The van der Waals surface area contributed by atoms with Gasteiger partial charge in [-0.1, -0.05) is 37.6 Å². The molecule has 0 saturated carbocycles. The molecule has 0 radical (unpaired) electrons. The molecule has 0 saturated heterocycles. The van der Waals surface area contributed by atoms with Crippen molar-refractivity contribution in [2.45, 2.75) is 33.6 Å². The summed E-state index contributed by atoms with van der Waals surface area (Å²) in [5.74, 6) is 1.64. The van der Waals surface area contributed by atoms with Gasteiger partial charge >= 0.3 is 0 Å². The molecule has 0 aromatic carbocycles. The summed E-state index contributed by atoms with van der Waals surface area (Å²) in [7, 11) is 3.94. The Bertz CT molecular complexity index is 352. The van der Waals surface area contributed by atoms with Crippen molar-refractivity contribution in [2.24, 2.45) is 5.92 Å². The Labute approximate surface area is 112 Å². The van der Waals surface area contributed by atoms with E-state index in [0.717, 1.165) is 31.7 Å². The fraction of sp³-hybridized carbons (Fsp3) is 0.625. The van der Waals surface area contributed by atoms with Crippen molar-refractivity contribution < 1.29 is 4.74 Å². The van der Waals surface area contributed by atoms with Crippen LogP contribution in [-0.4, -0.2) is 32.1 Å². The largest absolute Gasteiger partial charge is 0.500 e. The Morgan fingerprint density at radius 1 is 1.44 bits per heavy atom. The van der Waals surface area contributed by atoms with E-state index in [1.807, 2.05) is 0 Å². The molecule has 0 bridgehead atoms. The van der Waals surface area contributed by atoms with Gasteiger partial charge in [-0.2, -0.15) is 0 Å². The molecule has 0 spiro atoms. The molecule has 102 valence electrons. The molecule has 1 unspecified atom stereocenters. The highest BCUT2D eigenvalue weighted by Crippen LogP contribution is 2.24. The third-order valence-electron chi connectivity index (χ3n) is 3.50. The SMILES string of the molecule is CCN(C)CCC1=C(\OC)C/C(C)=C/C(C)/C=C\1. The second-order valence-corrected chi connectivity index (χ2v) is 5.21. The molecule has 0 amide bonds. The molecular formula is C16H27NO. The Morgan fingerprint density at radius 2 is 2.17 bits per heavy atom. The molecular weight excluding hydrogens is 222 g/mol. The highest BCUT2D eigenvalue weighted by molar-refractivity contribution is 5.29. The van der Waals surface area contributed by atoms with Crippen LogP contribution < -0.4 is 0 Å². The number of nitrogens with zero attached hydrogens (tertiary/aromatic N) is 1. The van der Waals surface area contributed by atoms with Crippen LogP contribution in [0.3, 0.4) is 0 Å². The normalized spacial score (nSPS) is 29.4. The Balaban J connectivity index is 2.84. The van der Waals surface area contributed by atoms with E-state index in [4.69, 9.17) is 4.74 Å². The lowest BCUT2D eigenvalue weighted by atomic mass is 9.97. The first-order valence-corrected chi connectivity index (χ1v) is 6.86. The van der Waals surface area contributed by atoms with Gasteiger partial charge in [-0.05, 0) is 38.4 Å². The third kappa shape index (κ3) is 4.69. The predicted octanol–water partition coefficient (Wildman–Crippen LogP) is 3.77. The molecule has 0 aliphatic heterocycles. The Kier molecular flexibility index (Phi) is 6.20. The molecule has 0 N–H and O–H groups in total. The van der Waals surface area contributed by atoms with Gasteiger partial charge in [0.1, 0.15) is 5.76 Å². The van der Waals surface area contributed by atoms with E-state index in [9.17, 15) is 0 Å². The fourth-order valence-corrected chi connectivity index (χ4v) is 2.19. The quantitative estimate of drug-likeness (QED) is 0.688. The maximum atomic E-state index is 5.58. The van der Waals surface area contributed by atoms with Gasteiger partial charge in [0.15, 0.2) is 0 Å². The van der Waals surface area contributed by atoms with E-state index in [1.165, 1.54) is 11.1 Å². The van der Waals surface area contributed by atoms with Crippen molar-refractivity contribution in [3.8, 4) is 0 Å². The van der Waals surface area contributed by atoms with Gasteiger partial charge in [-0.3, -0.25) is 0 Å². The minimum Gasteiger partial charge on any atom is -0.500 e. The van der Waals surface area contributed by atoms with Gasteiger partial charge in [-0.25, -0.2) is 0 Å². The average molecular weight is 249 g/mol. The first-order chi connectivity index (χ1) is 8.56. The van der Waals surface area contributed by atoms with Gasteiger partial charge in [-0.15, -0.1) is 0 Å². The zero-order valence-electron chi connectivity index (χ0n) is 12.5. The van der Waals surface area contributed by atoms with Crippen molar-refractivity contribution in [3.63, 3.8) is 0 Å². The third-order valence-corrected chi connectivity index (χ3v) is 3.50. The maximum absolute atomic E-state index is 5.58. The molecule has 1 rings (SSSR count). The molecule has 2 nitrogen and oxygen atoms in total.